The fourth-order valence-corrected chi connectivity index (χ4v) is 10.1. The van der Waals surface area contributed by atoms with E-state index in [1.165, 1.54) is 0 Å². The molecule has 2 aliphatic heterocycles. The van der Waals surface area contributed by atoms with E-state index in [0.29, 0.717) is 18.2 Å². The molecule has 0 amide bonds. The lowest BCUT2D eigenvalue weighted by Crippen LogP contribution is -2.69. The number of alkyl halides is 52. The number of benzene rings is 4. The van der Waals surface area contributed by atoms with Crippen LogP contribution in [0.25, 0.3) is 0 Å². The van der Waals surface area contributed by atoms with Gasteiger partial charge < -0.3 is 9.47 Å². The molecule has 0 saturated carbocycles. The van der Waals surface area contributed by atoms with Crippen molar-refractivity contribution in [1.82, 2.24) is 4.98 Å². The molecule has 0 bridgehead atoms. The number of halogens is 52. The molecule has 3 heterocycles. The van der Waals surface area contributed by atoms with Gasteiger partial charge in [0.1, 0.15) is 23.5 Å². The van der Waals surface area contributed by atoms with Gasteiger partial charge in [0.05, 0.1) is 0 Å². The van der Waals surface area contributed by atoms with Gasteiger partial charge in [0.25, 0.3) is 0 Å². The largest absolute Gasteiger partial charge is 0.465 e. The molecule has 7 rings (SSSR count). The van der Waals surface area contributed by atoms with Crippen LogP contribution in [-0.4, -0.2) is 136 Å². The van der Waals surface area contributed by atoms with Crippen LogP contribution in [0.1, 0.15) is 80.2 Å². The number of hydrogen-bond donors (Lipinski definition) is 0. The van der Waals surface area contributed by atoms with Gasteiger partial charge in [-0.25, -0.2) is 15.0 Å². The maximum absolute atomic E-state index is 15.4. The van der Waals surface area contributed by atoms with E-state index in [1.54, 1.807) is 0 Å². The Morgan fingerprint density at radius 1 is 0.190 bits per heavy atom. The first-order valence-corrected chi connectivity index (χ1v) is 29.0. The van der Waals surface area contributed by atoms with E-state index in [2.05, 4.69) is 15.0 Å². The van der Waals surface area contributed by atoms with E-state index in [-0.39, 0.29) is 48.5 Å². The molecule has 0 aliphatic carbocycles. The summed E-state index contributed by atoms with van der Waals surface area (Å²) < 4.78 is 744. The van der Waals surface area contributed by atoms with Crippen LogP contribution < -0.4 is 0 Å². The Bertz CT molecular complexity index is 4190. The molecule has 0 N–H and O–H groups in total. The third kappa shape index (κ3) is 13.3. The minimum atomic E-state index is -8.53. The van der Waals surface area contributed by atoms with Crippen molar-refractivity contribution < 1.29 is 238 Å². The van der Waals surface area contributed by atoms with Crippen molar-refractivity contribution in [3.05, 3.63) is 171 Å². The normalized spacial score (nSPS) is 19.1. The Balaban J connectivity index is 1.38. The average Bonchev–Trinajstić information content (AvgIpc) is 0.782. The predicted molar refractivity (Wildman–Crippen MR) is 275 cm³/mol. The number of aliphatic imine (C=N–C) groups is 2. The minimum Gasteiger partial charge on any atom is -0.465 e. The summed E-state index contributed by atoms with van der Waals surface area (Å²) >= 11 is 0. The third-order valence-corrected chi connectivity index (χ3v) is 16.9. The van der Waals surface area contributed by atoms with Crippen LogP contribution in [-0.2, 0) is 33.2 Å². The van der Waals surface area contributed by atoms with Crippen LogP contribution in [0.15, 0.2) is 125 Å². The number of aromatic nitrogens is 1. The molecule has 0 spiro atoms. The molecule has 2 aliphatic rings. The standard InChI is InChI=1S/C59H23F52N3O2/c60-36(61,40(68,69)44(76,77)48(84,85)52(92,93)56(100,101)102)24-12-4-20(5-13-24)30-32(22-8-16-26(17-9-22)38(64,65)42(72,73)46(80,81)50(88,89)54(96,97)58(106,107)108)115-34(113-30)28-2-1-3-29(112-28)35-114-31(21-6-14-25(15-7-21)37(62,63)41(70,71)45(78,79)49(86,87)53(94,95)57(103,104)105)33(116-35)23-10-18-27(19-11-23)39(66,67)43(74,75)47(82,83)51(90,91)55(98,99)59(109,110)111/h1-19,30-33H/t30-,31-,32-,33-/m1/s1. The maximum atomic E-state index is 15.4. The lowest BCUT2D eigenvalue weighted by Gasteiger charge is -2.39. The highest BCUT2D eigenvalue weighted by Crippen LogP contribution is 2.68. The molecule has 57 heteroatoms. The van der Waals surface area contributed by atoms with Crippen LogP contribution in [0.5, 0.6) is 0 Å². The Labute approximate surface area is 602 Å². The molecule has 0 saturated heterocycles. The summed E-state index contributed by atoms with van der Waals surface area (Å²) in [4.78, 5) is 11.3. The molecular weight excluding hydrogens is 1770 g/mol. The van der Waals surface area contributed by atoms with E-state index >= 15 is 35.1 Å². The summed E-state index contributed by atoms with van der Waals surface area (Å²) in [5.41, 5.74) is -18.3. The van der Waals surface area contributed by atoms with Gasteiger partial charge >= 0.3 is 143 Å². The van der Waals surface area contributed by atoms with Gasteiger partial charge in [-0.1, -0.05) is 103 Å². The molecule has 4 aromatic carbocycles. The van der Waals surface area contributed by atoms with Gasteiger partial charge in [-0.3, -0.25) is 0 Å². The van der Waals surface area contributed by atoms with Crippen LogP contribution >= 0.6 is 0 Å². The number of pyridine rings is 1. The summed E-state index contributed by atoms with van der Waals surface area (Å²) in [5.74, 6) is -165. The third-order valence-electron chi connectivity index (χ3n) is 16.9. The highest BCUT2D eigenvalue weighted by Gasteiger charge is 2.95. The van der Waals surface area contributed by atoms with E-state index < -0.39 is 284 Å². The number of hydrogen-bond acceptors (Lipinski definition) is 5. The van der Waals surface area contributed by atoms with Gasteiger partial charge in [-0.2, -0.15) is 228 Å². The Hall–Kier alpha value is -8.67. The van der Waals surface area contributed by atoms with Gasteiger partial charge in [-0.05, 0) is 34.4 Å². The lowest BCUT2D eigenvalue weighted by molar-refractivity contribution is -0.441. The Morgan fingerprint density at radius 2 is 0.353 bits per heavy atom. The van der Waals surface area contributed by atoms with E-state index in [1.807, 2.05) is 0 Å². The van der Waals surface area contributed by atoms with Crippen molar-refractivity contribution in [2.24, 2.45) is 9.98 Å². The van der Waals surface area contributed by atoms with E-state index in [0.717, 1.165) is 0 Å². The molecule has 0 fully saturated rings. The van der Waals surface area contributed by atoms with Crippen molar-refractivity contribution in [3.8, 4) is 0 Å². The highest BCUT2D eigenvalue weighted by molar-refractivity contribution is 5.97. The van der Waals surface area contributed by atoms with Crippen molar-refractivity contribution in [3.63, 3.8) is 0 Å². The topological polar surface area (TPSA) is 56.1 Å². The zero-order chi connectivity index (χ0) is 90.2. The zero-order valence-corrected chi connectivity index (χ0v) is 53.1. The molecule has 0 radical (unpaired) electrons. The first-order chi connectivity index (χ1) is 51.3. The monoisotopic (exact) mass is 1790 g/mol. The molecule has 5 nitrogen and oxygen atoms in total. The number of nitrogens with zero attached hydrogens (tertiary/aromatic N) is 3. The van der Waals surface area contributed by atoms with E-state index in [9.17, 15) is 193 Å². The summed E-state index contributed by atoms with van der Waals surface area (Å²) in [7, 11) is 0. The molecular formula is C59H23F52N3O2. The molecule has 116 heavy (non-hydrogen) atoms. The Morgan fingerprint density at radius 3 is 0.526 bits per heavy atom. The summed E-state index contributed by atoms with van der Waals surface area (Å²) in [6.07, 6.45) is -37.0. The second-order valence-corrected chi connectivity index (χ2v) is 24.2. The average molecular weight is 1790 g/mol. The van der Waals surface area contributed by atoms with Crippen molar-refractivity contribution in [2.45, 2.75) is 167 Å². The Kier molecular flexibility index (Phi) is 22.4. The van der Waals surface area contributed by atoms with Gasteiger partial charge in [-0.15, -0.1) is 0 Å². The van der Waals surface area contributed by atoms with Gasteiger partial charge in [0.15, 0.2) is 12.2 Å². The molecule has 650 valence electrons. The quantitative estimate of drug-likeness (QED) is 0.0519. The fourth-order valence-electron chi connectivity index (χ4n) is 10.1. The molecule has 1 aromatic heterocycles. The second-order valence-electron chi connectivity index (χ2n) is 24.2. The molecule has 0 unspecified atom stereocenters. The van der Waals surface area contributed by atoms with Crippen molar-refractivity contribution in [1.29, 1.82) is 0 Å². The smallest absolute Gasteiger partial charge is 0.460 e. The first kappa shape index (κ1) is 94.5. The number of rotatable bonds is 26. The summed E-state index contributed by atoms with van der Waals surface area (Å²) in [6, 6.07) is -10.1. The lowest BCUT2D eigenvalue weighted by atomic mass is 9.88. The van der Waals surface area contributed by atoms with Crippen LogP contribution in [0.2, 0.25) is 0 Å². The van der Waals surface area contributed by atoms with Crippen LogP contribution in [0, 0.1) is 0 Å². The van der Waals surface area contributed by atoms with Crippen molar-refractivity contribution >= 4 is 11.8 Å². The maximum Gasteiger partial charge on any atom is 0.460 e. The summed E-state index contributed by atoms with van der Waals surface area (Å²) in [6.45, 7) is 0. The van der Waals surface area contributed by atoms with Crippen LogP contribution in [0.4, 0.5) is 228 Å². The van der Waals surface area contributed by atoms with Gasteiger partial charge in [0, 0.05) is 22.3 Å². The van der Waals surface area contributed by atoms with Gasteiger partial charge in [0.2, 0.25) is 11.8 Å². The number of ether oxygens (including phenoxy) is 2. The van der Waals surface area contributed by atoms with Crippen LogP contribution in [0.3, 0.4) is 0 Å². The van der Waals surface area contributed by atoms with E-state index in [4.69, 9.17) is 9.47 Å². The highest BCUT2D eigenvalue weighted by atomic mass is 19.5. The molecule has 5 aromatic rings. The zero-order valence-electron chi connectivity index (χ0n) is 53.1. The second kappa shape index (κ2) is 27.4. The fraction of sp³-hybridized carbons (Fsp3) is 0.475. The first-order valence-electron chi connectivity index (χ1n) is 29.0. The van der Waals surface area contributed by atoms with Crippen molar-refractivity contribution in [2.75, 3.05) is 0 Å². The SMILES string of the molecule is FC(F)(F)C(F)(F)C(F)(F)C(F)(F)C(F)(F)C(F)(F)c1ccc([C@H]2N=C(c3cccc(C4=N[C@H](c5ccc(C(F)(F)C(F)(F)C(F)(F)C(F)(F)C(F)(F)C(F)(F)F)cc5)[C@@H](c5ccc(C(F)(F)C(F)(F)C(F)(F)C(F)(F)C(F)(F)C(F)(F)F)cc5)O4)n3)O[C@@H]2c2ccc(C(F)(F)C(F)(F)C(F)(F)C(F)(F)C(F)(F)C(F)(F)F)cc2)cc1. The summed E-state index contributed by atoms with van der Waals surface area (Å²) in [5, 5.41) is 0. The predicted octanol–water partition coefficient (Wildman–Crippen LogP) is 24.4. The molecule has 4 atom stereocenters. The minimum absolute atomic E-state index is 0.166.